The van der Waals surface area contributed by atoms with E-state index in [1.165, 1.54) is 12.8 Å². The summed E-state index contributed by atoms with van der Waals surface area (Å²) in [5.74, 6) is 1.20. The zero-order chi connectivity index (χ0) is 24.6. The van der Waals surface area contributed by atoms with Crippen molar-refractivity contribution in [1.29, 1.82) is 0 Å². The Hall–Kier alpha value is -2.97. The number of rotatable bonds is 7. The number of urea groups is 1. The number of carbonyl (C=O) groups is 2. The number of nitrogens with zero attached hydrogens (tertiary/aromatic N) is 2. The second-order valence-corrected chi connectivity index (χ2v) is 9.37. The van der Waals surface area contributed by atoms with E-state index in [1.54, 1.807) is 24.1 Å². The van der Waals surface area contributed by atoms with Crippen LogP contribution in [-0.4, -0.2) is 67.7 Å². The van der Waals surface area contributed by atoms with Gasteiger partial charge in [0, 0.05) is 37.9 Å². The highest BCUT2D eigenvalue weighted by molar-refractivity contribution is 6.33. The second kappa shape index (κ2) is 12.1. The van der Waals surface area contributed by atoms with Gasteiger partial charge in [-0.15, -0.1) is 0 Å². The average molecular weight is 501 g/mol. The average Bonchev–Trinajstić information content (AvgIpc) is 3.24. The molecule has 35 heavy (non-hydrogen) atoms. The molecule has 0 spiro atoms. The number of halogens is 1. The summed E-state index contributed by atoms with van der Waals surface area (Å²) < 4.78 is 11.6. The van der Waals surface area contributed by atoms with Gasteiger partial charge in [-0.1, -0.05) is 23.7 Å². The first-order valence-electron chi connectivity index (χ1n) is 12.2. The molecule has 1 saturated carbocycles. The first-order valence-corrected chi connectivity index (χ1v) is 12.6. The van der Waals surface area contributed by atoms with Crippen LogP contribution >= 0.6 is 11.6 Å². The van der Waals surface area contributed by atoms with Crippen LogP contribution in [0.5, 0.6) is 11.5 Å². The van der Waals surface area contributed by atoms with Crippen molar-refractivity contribution in [2.75, 3.05) is 50.5 Å². The molecule has 3 amide bonds. The largest absolute Gasteiger partial charge is 0.493 e. The molecule has 0 bridgehead atoms. The van der Waals surface area contributed by atoms with E-state index in [2.05, 4.69) is 15.5 Å². The van der Waals surface area contributed by atoms with Gasteiger partial charge >= 0.3 is 6.03 Å². The van der Waals surface area contributed by atoms with E-state index in [1.807, 2.05) is 30.3 Å². The van der Waals surface area contributed by atoms with Gasteiger partial charge in [0.05, 0.1) is 30.5 Å². The highest BCUT2D eigenvalue weighted by Crippen LogP contribution is 2.34. The van der Waals surface area contributed by atoms with Crippen LogP contribution in [0.1, 0.15) is 32.1 Å². The van der Waals surface area contributed by atoms with Gasteiger partial charge < -0.3 is 25.0 Å². The third-order valence-electron chi connectivity index (χ3n) is 6.40. The Balaban J connectivity index is 1.29. The van der Waals surface area contributed by atoms with E-state index in [-0.39, 0.29) is 24.6 Å². The van der Waals surface area contributed by atoms with Gasteiger partial charge in [0.1, 0.15) is 0 Å². The molecule has 2 N–H and O–H groups in total. The maximum absolute atomic E-state index is 13.0. The van der Waals surface area contributed by atoms with Crippen molar-refractivity contribution >= 4 is 34.9 Å². The topological polar surface area (TPSA) is 83.1 Å². The van der Waals surface area contributed by atoms with Crippen molar-refractivity contribution in [3.8, 4) is 11.5 Å². The number of amides is 3. The molecule has 1 aliphatic carbocycles. The summed E-state index contributed by atoms with van der Waals surface area (Å²) in [7, 11) is 1.62. The lowest BCUT2D eigenvalue weighted by atomic mass is 10.2. The molecule has 8 nitrogen and oxygen atoms in total. The Bertz CT molecular complexity index is 1030. The Morgan fingerprint density at radius 2 is 1.77 bits per heavy atom. The molecule has 0 radical (unpaired) electrons. The Morgan fingerprint density at radius 3 is 2.54 bits per heavy atom. The molecule has 0 aromatic heterocycles. The molecule has 4 rings (SSSR count). The fraction of sp³-hybridized carbons (Fsp3) is 0.462. The predicted molar refractivity (Wildman–Crippen MR) is 138 cm³/mol. The minimum absolute atomic E-state index is 0.121. The highest BCUT2D eigenvalue weighted by atomic mass is 35.5. The summed E-state index contributed by atoms with van der Waals surface area (Å²) in [5, 5.41) is 6.36. The molecular weight excluding hydrogens is 468 g/mol. The molecule has 2 aromatic carbocycles. The summed E-state index contributed by atoms with van der Waals surface area (Å²) >= 11 is 6.13. The molecular formula is C26H33ClN4O4. The van der Waals surface area contributed by atoms with Gasteiger partial charge in [-0.05, 0) is 56.4 Å². The van der Waals surface area contributed by atoms with E-state index in [9.17, 15) is 9.59 Å². The van der Waals surface area contributed by atoms with Crippen LogP contribution in [0, 0.1) is 0 Å². The van der Waals surface area contributed by atoms with Crippen LogP contribution in [0.4, 0.5) is 16.2 Å². The fourth-order valence-corrected chi connectivity index (χ4v) is 4.71. The van der Waals surface area contributed by atoms with Crippen LogP contribution < -0.4 is 20.1 Å². The summed E-state index contributed by atoms with van der Waals surface area (Å²) in [6, 6.07) is 12.5. The number of benzene rings is 2. The van der Waals surface area contributed by atoms with Crippen LogP contribution in [0.15, 0.2) is 42.5 Å². The van der Waals surface area contributed by atoms with Gasteiger partial charge in [-0.3, -0.25) is 9.69 Å². The third kappa shape index (κ3) is 7.02. The first-order chi connectivity index (χ1) is 17.0. The molecule has 2 fully saturated rings. The van der Waals surface area contributed by atoms with Crippen molar-refractivity contribution in [2.24, 2.45) is 0 Å². The number of hydrogen-bond donors (Lipinski definition) is 2. The summed E-state index contributed by atoms with van der Waals surface area (Å²) in [4.78, 5) is 29.3. The normalized spacial score (nSPS) is 17.0. The molecule has 2 aromatic rings. The highest BCUT2D eigenvalue weighted by Gasteiger charge is 2.22. The molecule has 0 atom stereocenters. The van der Waals surface area contributed by atoms with Gasteiger partial charge in [-0.2, -0.15) is 0 Å². The maximum atomic E-state index is 13.0. The number of carbonyl (C=O) groups excluding carboxylic acids is 2. The minimum Gasteiger partial charge on any atom is -0.493 e. The molecule has 2 aliphatic rings. The van der Waals surface area contributed by atoms with Crippen molar-refractivity contribution in [3.63, 3.8) is 0 Å². The van der Waals surface area contributed by atoms with E-state index in [0.717, 1.165) is 25.8 Å². The monoisotopic (exact) mass is 500 g/mol. The van der Waals surface area contributed by atoms with Crippen molar-refractivity contribution in [3.05, 3.63) is 47.5 Å². The predicted octanol–water partition coefficient (Wildman–Crippen LogP) is 4.85. The number of anilines is 2. The van der Waals surface area contributed by atoms with Crippen molar-refractivity contribution in [2.45, 2.75) is 38.2 Å². The van der Waals surface area contributed by atoms with Gasteiger partial charge in [0.25, 0.3) is 0 Å². The van der Waals surface area contributed by atoms with Crippen LogP contribution in [0.2, 0.25) is 5.02 Å². The van der Waals surface area contributed by atoms with Gasteiger partial charge in [-0.25, -0.2) is 4.79 Å². The van der Waals surface area contributed by atoms with Gasteiger partial charge in [0.2, 0.25) is 5.91 Å². The summed E-state index contributed by atoms with van der Waals surface area (Å²) in [6.45, 7) is 2.76. The quantitative estimate of drug-likeness (QED) is 0.568. The zero-order valence-electron chi connectivity index (χ0n) is 20.1. The van der Waals surface area contributed by atoms with Gasteiger partial charge in [0.15, 0.2) is 11.5 Å². The van der Waals surface area contributed by atoms with Crippen molar-refractivity contribution in [1.82, 2.24) is 9.80 Å². The fourth-order valence-electron chi connectivity index (χ4n) is 4.52. The first kappa shape index (κ1) is 25.1. The zero-order valence-corrected chi connectivity index (χ0v) is 20.9. The lowest BCUT2D eigenvalue weighted by Gasteiger charge is -2.23. The lowest BCUT2D eigenvalue weighted by Crippen LogP contribution is -2.39. The Kier molecular flexibility index (Phi) is 8.71. The SMILES string of the molecule is COc1ccc(NC(=O)N2CCCN(CC(=O)Nc3ccccc3Cl)CC2)cc1OC1CCCC1. The Morgan fingerprint density at radius 1 is 0.971 bits per heavy atom. The summed E-state index contributed by atoms with van der Waals surface area (Å²) in [6.07, 6.45) is 5.42. The number of methoxy groups -OCH3 is 1. The molecule has 1 heterocycles. The molecule has 1 aliphatic heterocycles. The van der Waals surface area contributed by atoms with E-state index in [4.69, 9.17) is 21.1 Å². The number of nitrogens with one attached hydrogen (secondary N) is 2. The van der Waals surface area contributed by atoms with E-state index in [0.29, 0.717) is 47.5 Å². The van der Waals surface area contributed by atoms with Crippen molar-refractivity contribution < 1.29 is 19.1 Å². The molecule has 9 heteroatoms. The lowest BCUT2D eigenvalue weighted by molar-refractivity contribution is -0.117. The van der Waals surface area contributed by atoms with E-state index < -0.39 is 0 Å². The molecule has 0 unspecified atom stereocenters. The number of para-hydroxylation sites is 1. The van der Waals surface area contributed by atoms with Crippen LogP contribution in [0.25, 0.3) is 0 Å². The minimum atomic E-state index is -0.163. The second-order valence-electron chi connectivity index (χ2n) is 8.96. The number of hydrogen-bond acceptors (Lipinski definition) is 5. The number of ether oxygens (including phenoxy) is 2. The Labute approximate surface area is 211 Å². The smallest absolute Gasteiger partial charge is 0.321 e. The standard InChI is InChI=1S/C26H33ClN4O4/c1-34-23-12-11-19(17-24(23)35-20-7-2-3-8-20)28-26(33)31-14-6-13-30(15-16-31)18-25(32)29-22-10-5-4-9-21(22)27/h4-5,9-12,17,20H,2-3,6-8,13-16,18H2,1H3,(H,28,33)(H,29,32). The summed E-state index contributed by atoms with van der Waals surface area (Å²) in [5.41, 5.74) is 1.27. The maximum Gasteiger partial charge on any atom is 0.321 e. The molecule has 188 valence electrons. The van der Waals surface area contributed by atoms with Crippen LogP contribution in [0.3, 0.4) is 0 Å². The molecule has 1 saturated heterocycles. The van der Waals surface area contributed by atoms with Crippen LogP contribution in [-0.2, 0) is 4.79 Å². The van der Waals surface area contributed by atoms with E-state index >= 15 is 0 Å². The third-order valence-corrected chi connectivity index (χ3v) is 6.73.